The summed E-state index contributed by atoms with van der Waals surface area (Å²) >= 11 is 0. The van der Waals surface area contributed by atoms with Crippen LogP contribution in [-0.2, 0) is 56.5 Å². The molecule has 0 spiro atoms. The van der Waals surface area contributed by atoms with Gasteiger partial charge >= 0.3 is 0 Å². The monoisotopic (exact) mass is 345 g/mol. The maximum Gasteiger partial charge on any atom is 0 e. The van der Waals surface area contributed by atoms with E-state index in [9.17, 15) is 0 Å². The maximum atomic E-state index is 0. The van der Waals surface area contributed by atoms with Crippen molar-refractivity contribution in [2.75, 3.05) is 0 Å². The molecule has 0 unspecified atom stereocenters. The van der Waals surface area contributed by atoms with Gasteiger partial charge in [0.2, 0.25) is 0 Å². The van der Waals surface area contributed by atoms with Crippen molar-refractivity contribution in [3.63, 3.8) is 0 Å². The van der Waals surface area contributed by atoms with E-state index in [0.717, 1.165) is 0 Å². The molecule has 0 amide bonds. The first kappa shape index (κ1) is 30.8. The zero-order valence-electron chi connectivity index (χ0n) is 1.48. The van der Waals surface area contributed by atoms with Crippen LogP contribution in [0.1, 0.15) is 0 Å². The summed E-state index contributed by atoms with van der Waals surface area (Å²) in [5.74, 6) is 0. The fourth-order valence-electron chi connectivity index (χ4n) is 0. The Kier molecular flexibility index (Phi) is 135. The van der Waals surface area contributed by atoms with Crippen molar-refractivity contribution in [2.24, 2.45) is 0 Å². The predicted molar refractivity (Wildman–Crippen MR) is 5.75 cm³/mol. The molecule has 0 rings (SSSR count). The average molecular weight is 345 g/mol. The van der Waals surface area contributed by atoms with E-state index >= 15 is 0 Å². The molecule has 0 atom stereocenters. The van der Waals surface area contributed by atoms with Crippen LogP contribution >= 0.6 is 0 Å². The van der Waals surface area contributed by atoms with Gasteiger partial charge < -0.3 is 0 Å². The smallest absolute Gasteiger partial charge is 0 e. The van der Waals surface area contributed by atoms with Crippen molar-refractivity contribution in [2.45, 2.75) is 0 Å². The second kappa shape index (κ2) is 17.6. The van der Waals surface area contributed by atoms with Gasteiger partial charge in [0.05, 0.1) is 0 Å². The fraction of sp³-hybridized carbons (Fsp3) is 0. The Hall–Kier alpha value is 2.58. The first-order chi connectivity index (χ1) is 0. The molecule has 0 aliphatic rings. The summed E-state index contributed by atoms with van der Waals surface area (Å²) in [4.78, 5) is 0. The molecule has 0 nitrogen and oxygen atoms in total. The van der Waals surface area contributed by atoms with E-state index in [-0.39, 0.29) is 80.4 Å². The summed E-state index contributed by atoms with van der Waals surface area (Å²) in [5.41, 5.74) is 0. The molecule has 0 saturated carbocycles. The zero-order valence-corrected chi connectivity index (χ0v) is 7.94. The summed E-state index contributed by atoms with van der Waals surface area (Å²) in [6.45, 7) is 0. The molecule has 0 aromatic rings. The van der Waals surface area contributed by atoms with E-state index < -0.39 is 0 Å². The molecule has 0 heterocycles. The van der Waals surface area contributed by atoms with Gasteiger partial charge in [0.25, 0.3) is 0 Å². The normalized spacial score (nSPS) is 0. The standard InChI is InChI=1S/Ag.Cu.Mn.Sn. The van der Waals surface area contributed by atoms with Crippen molar-refractivity contribution < 1.29 is 56.5 Å². The average Bonchev–Trinajstić information content (AvgIpc) is 0. The third-order valence-corrected chi connectivity index (χ3v) is 0. The van der Waals surface area contributed by atoms with Gasteiger partial charge in [-0.1, -0.05) is 0 Å². The molecule has 7 radical (unpaired) electrons. The van der Waals surface area contributed by atoms with Crippen LogP contribution in [0.15, 0.2) is 0 Å². The third-order valence-electron chi connectivity index (χ3n) is 0. The van der Waals surface area contributed by atoms with E-state index in [0.29, 0.717) is 0 Å². The maximum absolute atomic E-state index is 0. The first-order valence-corrected chi connectivity index (χ1v) is 0. The van der Waals surface area contributed by atoms with E-state index in [2.05, 4.69) is 0 Å². The molecule has 33 valence electrons. The van der Waals surface area contributed by atoms with Gasteiger partial charge in [-0.15, -0.1) is 0 Å². The second-order valence-electron chi connectivity index (χ2n) is 0. The minimum absolute atomic E-state index is 0. The molecular formula is AgCuMnSn. The SMILES string of the molecule is [Ag].[Cu].[Mn].[Sn]. The molecule has 0 aromatic carbocycles. The van der Waals surface area contributed by atoms with Crippen molar-refractivity contribution >= 4 is 23.9 Å². The Morgan fingerprint density at radius 1 is 1.00 bits per heavy atom. The van der Waals surface area contributed by atoms with E-state index in [4.69, 9.17) is 0 Å². The van der Waals surface area contributed by atoms with Gasteiger partial charge in [-0.3, -0.25) is 0 Å². The van der Waals surface area contributed by atoms with Crippen molar-refractivity contribution in [1.29, 1.82) is 0 Å². The summed E-state index contributed by atoms with van der Waals surface area (Å²) in [7, 11) is 0. The van der Waals surface area contributed by atoms with Crippen LogP contribution in [0.2, 0.25) is 0 Å². The van der Waals surface area contributed by atoms with Crippen LogP contribution in [0.4, 0.5) is 0 Å². The van der Waals surface area contributed by atoms with Crippen molar-refractivity contribution in [3.05, 3.63) is 0 Å². The molecule has 4 heavy (non-hydrogen) atoms. The quantitative estimate of drug-likeness (QED) is 0.525. The van der Waals surface area contributed by atoms with E-state index in [1.807, 2.05) is 0 Å². The Morgan fingerprint density at radius 2 is 1.00 bits per heavy atom. The molecule has 0 saturated heterocycles. The Morgan fingerprint density at radius 3 is 1.00 bits per heavy atom. The number of hydrogen-bond donors (Lipinski definition) is 0. The molecule has 0 aromatic heterocycles. The van der Waals surface area contributed by atoms with Crippen LogP contribution in [0.3, 0.4) is 0 Å². The van der Waals surface area contributed by atoms with Gasteiger partial charge in [-0.2, -0.15) is 0 Å². The third kappa shape index (κ3) is 8.82. The van der Waals surface area contributed by atoms with Crippen LogP contribution in [0.25, 0.3) is 0 Å². The van der Waals surface area contributed by atoms with Crippen LogP contribution < -0.4 is 0 Å². The van der Waals surface area contributed by atoms with Crippen LogP contribution in [-0.4, -0.2) is 23.9 Å². The molecule has 0 aliphatic carbocycles. The van der Waals surface area contributed by atoms with Gasteiger partial charge in [0.1, 0.15) is 0 Å². The summed E-state index contributed by atoms with van der Waals surface area (Å²) in [5, 5.41) is 0. The van der Waals surface area contributed by atoms with Crippen LogP contribution in [0.5, 0.6) is 0 Å². The topological polar surface area (TPSA) is 0 Å². The van der Waals surface area contributed by atoms with Crippen molar-refractivity contribution in [1.82, 2.24) is 0 Å². The second-order valence-corrected chi connectivity index (χ2v) is 0. The zero-order chi connectivity index (χ0) is 0. The molecule has 0 N–H and O–H groups in total. The number of rotatable bonds is 0. The van der Waals surface area contributed by atoms with E-state index in [1.165, 1.54) is 0 Å². The Balaban J connectivity index is 0. The van der Waals surface area contributed by atoms with Gasteiger partial charge in [0, 0.05) is 80.4 Å². The van der Waals surface area contributed by atoms with Crippen molar-refractivity contribution in [3.8, 4) is 0 Å². The number of hydrogen-bond acceptors (Lipinski definition) is 0. The molecular weight excluding hydrogens is 345 g/mol. The van der Waals surface area contributed by atoms with Gasteiger partial charge in [0.15, 0.2) is 0 Å². The molecule has 0 bridgehead atoms. The van der Waals surface area contributed by atoms with E-state index in [1.54, 1.807) is 0 Å². The van der Waals surface area contributed by atoms with Gasteiger partial charge in [-0.05, 0) is 0 Å². The van der Waals surface area contributed by atoms with Crippen LogP contribution in [0, 0.1) is 0 Å². The minimum Gasteiger partial charge on any atom is 0 e. The van der Waals surface area contributed by atoms with Gasteiger partial charge in [-0.25, -0.2) is 0 Å². The molecule has 4 heteroatoms. The Bertz CT molecular complexity index is 8.00. The first-order valence-electron chi connectivity index (χ1n) is 0. The summed E-state index contributed by atoms with van der Waals surface area (Å²) < 4.78 is 0. The largest absolute Gasteiger partial charge is 0 e. The molecule has 0 aliphatic heterocycles. The fourth-order valence-corrected chi connectivity index (χ4v) is 0. The summed E-state index contributed by atoms with van der Waals surface area (Å²) in [6, 6.07) is 0. The predicted octanol–water partition coefficient (Wildman–Crippen LogP) is -0.388. The Labute approximate surface area is 79.3 Å². The summed E-state index contributed by atoms with van der Waals surface area (Å²) in [6.07, 6.45) is 0. The minimum atomic E-state index is 0. The molecule has 0 fully saturated rings.